The van der Waals surface area contributed by atoms with Crippen molar-refractivity contribution in [3.8, 4) is 0 Å². The minimum absolute atomic E-state index is 0.442. The van der Waals surface area contributed by atoms with Gasteiger partial charge in [0.15, 0.2) is 5.16 Å². The first-order valence-electron chi connectivity index (χ1n) is 4.69. The van der Waals surface area contributed by atoms with Crippen LogP contribution in [-0.2, 0) is 11.3 Å². The number of urea groups is 1. The molecule has 0 unspecified atom stereocenters. The molecular formula is C8H13N5O2S. The number of aryl methyl sites for hydroxylation is 1. The molecule has 0 aliphatic heterocycles. The largest absolute Gasteiger partial charge is 0.351 e. The van der Waals surface area contributed by atoms with Gasteiger partial charge in [0, 0.05) is 6.54 Å². The number of imide groups is 1. The van der Waals surface area contributed by atoms with Crippen LogP contribution in [-0.4, -0.2) is 32.0 Å². The predicted molar refractivity (Wildman–Crippen MR) is 58.7 cm³/mol. The fourth-order valence-corrected chi connectivity index (χ4v) is 1.88. The summed E-state index contributed by atoms with van der Waals surface area (Å²) in [6.45, 7) is 4.33. The van der Waals surface area contributed by atoms with Gasteiger partial charge in [0.25, 0.3) is 0 Å². The molecule has 7 nitrogen and oxygen atoms in total. The highest BCUT2D eigenvalue weighted by molar-refractivity contribution is 8.00. The summed E-state index contributed by atoms with van der Waals surface area (Å²) in [5.41, 5.74) is 4.85. The van der Waals surface area contributed by atoms with Crippen molar-refractivity contribution in [2.45, 2.75) is 30.8 Å². The summed E-state index contributed by atoms with van der Waals surface area (Å²) in [6, 6.07) is -0.852. The number of aromatic nitrogens is 3. The van der Waals surface area contributed by atoms with E-state index in [4.69, 9.17) is 5.73 Å². The van der Waals surface area contributed by atoms with Gasteiger partial charge < -0.3 is 10.3 Å². The molecule has 1 atom stereocenters. The molecule has 0 aliphatic rings. The van der Waals surface area contributed by atoms with E-state index in [9.17, 15) is 9.59 Å². The van der Waals surface area contributed by atoms with Crippen LogP contribution in [0.5, 0.6) is 0 Å². The third-order valence-electron chi connectivity index (χ3n) is 1.82. The molecule has 0 radical (unpaired) electrons. The van der Waals surface area contributed by atoms with Crippen molar-refractivity contribution in [1.29, 1.82) is 0 Å². The van der Waals surface area contributed by atoms with Crippen molar-refractivity contribution in [3.63, 3.8) is 0 Å². The first-order chi connectivity index (χ1) is 7.54. The number of hydrogen-bond acceptors (Lipinski definition) is 5. The van der Waals surface area contributed by atoms with E-state index in [0.29, 0.717) is 5.16 Å². The Kier molecular flexibility index (Phi) is 4.29. The molecule has 16 heavy (non-hydrogen) atoms. The zero-order valence-electron chi connectivity index (χ0n) is 9.01. The van der Waals surface area contributed by atoms with Gasteiger partial charge in [0.1, 0.15) is 6.33 Å². The molecule has 3 amide bonds. The number of primary amides is 1. The summed E-state index contributed by atoms with van der Waals surface area (Å²) in [4.78, 5) is 21.9. The Hall–Kier alpha value is -1.57. The van der Waals surface area contributed by atoms with E-state index >= 15 is 0 Å². The summed E-state index contributed by atoms with van der Waals surface area (Å²) in [7, 11) is 0. The molecule has 0 saturated carbocycles. The van der Waals surface area contributed by atoms with E-state index < -0.39 is 17.2 Å². The molecule has 88 valence electrons. The van der Waals surface area contributed by atoms with Gasteiger partial charge in [0.2, 0.25) is 5.91 Å². The van der Waals surface area contributed by atoms with Crippen LogP contribution in [0, 0.1) is 0 Å². The highest BCUT2D eigenvalue weighted by Gasteiger charge is 2.18. The number of nitrogens with two attached hydrogens (primary N) is 1. The van der Waals surface area contributed by atoms with Crippen LogP contribution in [0.1, 0.15) is 13.8 Å². The van der Waals surface area contributed by atoms with Crippen LogP contribution in [0.3, 0.4) is 0 Å². The van der Waals surface area contributed by atoms with Gasteiger partial charge in [-0.25, -0.2) is 4.79 Å². The normalized spacial score (nSPS) is 12.1. The average Bonchev–Trinajstić information content (AvgIpc) is 2.64. The summed E-state index contributed by atoms with van der Waals surface area (Å²) in [6.07, 6.45) is 1.58. The zero-order valence-corrected chi connectivity index (χ0v) is 9.82. The molecule has 0 saturated heterocycles. The van der Waals surface area contributed by atoms with Crippen molar-refractivity contribution < 1.29 is 9.59 Å². The number of carbonyl (C=O) groups is 2. The first-order valence-corrected chi connectivity index (χ1v) is 5.57. The van der Waals surface area contributed by atoms with E-state index in [0.717, 1.165) is 6.54 Å². The number of amides is 3. The monoisotopic (exact) mass is 243 g/mol. The van der Waals surface area contributed by atoms with Crippen molar-refractivity contribution in [2.75, 3.05) is 0 Å². The molecule has 0 aliphatic carbocycles. The number of hydrogen-bond donors (Lipinski definition) is 2. The van der Waals surface area contributed by atoms with Crippen LogP contribution < -0.4 is 11.1 Å². The highest BCUT2D eigenvalue weighted by atomic mass is 32.2. The lowest BCUT2D eigenvalue weighted by molar-refractivity contribution is -0.119. The lowest BCUT2D eigenvalue weighted by Crippen LogP contribution is -2.39. The molecule has 0 spiro atoms. The average molecular weight is 243 g/mol. The second-order valence-electron chi connectivity index (χ2n) is 3.01. The Morgan fingerprint density at radius 2 is 2.38 bits per heavy atom. The Balaban J connectivity index is 2.60. The van der Waals surface area contributed by atoms with E-state index in [1.54, 1.807) is 17.8 Å². The number of rotatable bonds is 4. The third kappa shape index (κ3) is 3.23. The Morgan fingerprint density at radius 1 is 1.69 bits per heavy atom. The van der Waals surface area contributed by atoms with Crippen LogP contribution in [0.25, 0.3) is 0 Å². The van der Waals surface area contributed by atoms with Gasteiger partial charge in [-0.2, -0.15) is 0 Å². The molecular weight excluding hydrogens is 230 g/mol. The molecule has 0 bridgehead atoms. The minimum Gasteiger partial charge on any atom is -0.351 e. The molecule has 1 rings (SSSR count). The summed E-state index contributed by atoms with van der Waals surface area (Å²) >= 11 is 1.22. The Labute approximate surface area is 96.8 Å². The second-order valence-corrected chi connectivity index (χ2v) is 4.32. The van der Waals surface area contributed by atoms with Gasteiger partial charge in [-0.1, -0.05) is 11.8 Å². The summed E-state index contributed by atoms with van der Waals surface area (Å²) < 4.78 is 1.80. The molecule has 8 heteroatoms. The minimum atomic E-state index is -0.852. The molecule has 3 N–H and O–H groups in total. The van der Waals surface area contributed by atoms with Crippen molar-refractivity contribution in [3.05, 3.63) is 6.33 Å². The van der Waals surface area contributed by atoms with Crippen LogP contribution in [0.15, 0.2) is 11.5 Å². The van der Waals surface area contributed by atoms with E-state index in [2.05, 4.69) is 10.2 Å². The van der Waals surface area contributed by atoms with E-state index in [1.165, 1.54) is 11.8 Å². The van der Waals surface area contributed by atoms with Crippen LogP contribution >= 0.6 is 11.8 Å². The van der Waals surface area contributed by atoms with Crippen molar-refractivity contribution in [1.82, 2.24) is 20.1 Å². The number of nitrogens with one attached hydrogen (secondary N) is 1. The van der Waals surface area contributed by atoms with E-state index in [1.807, 2.05) is 12.2 Å². The zero-order chi connectivity index (χ0) is 12.1. The van der Waals surface area contributed by atoms with E-state index in [-0.39, 0.29) is 0 Å². The van der Waals surface area contributed by atoms with Gasteiger partial charge >= 0.3 is 6.03 Å². The third-order valence-corrected chi connectivity index (χ3v) is 2.91. The Bertz CT molecular complexity index is 392. The number of nitrogens with zero attached hydrogens (tertiary/aromatic N) is 3. The standard InChI is InChI=1S/C8H13N5O2S/c1-3-13-4-10-12-8(13)16-5(2)6(14)11-7(9)15/h4-5H,3H2,1-2H3,(H3,9,11,14,15)/t5-/m0/s1. The van der Waals surface area contributed by atoms with Gasteiger partial charge in [0.05, 0.1) is 5.25 Å². The molecule has 0 fully saturated rings. The molecule has 0 aromatic carbocycles. The highest BCUT2D eigenvalue weighted by Crippen LogP contribution is 2.20. The maximum Gasteiger partial charge on any atom is 0.318 e. The van der Waals surface area contributed by atoms with Crippen LogP contribution in [0.2, 0.25) is 0 Å². The topological polar surface area (TPSA) is 103 Å². The predicted octanol–water partition coefficient (Wildman–Crippen LogP) is -0.0265. The number of carbonyl (C=O) groups excluding carboxylic acids is 2. The number of thioether (sulfide) groups is 1. The molecule has 1 aromatic rings. The quantitative estimate of drug-likeness (QED) is 0.723. The maximum absolute atomic E-state index is 11.4. The Morgan fingerprint density at radius 3 is 2.94 bits per heavy atom. The van der Waals surface area contributed by atoms with Gasteiger partial charge in [-0.05, 0) is 13.8 Å². The summed E-state index contributed by atoms with van der Waals surface area (Å²) in [5.74, 6) is -0.442. The lowest BCUT2D eigenvalue weighted by atomic mass is 10.4. The molecule has 1 aromatic heterocycles. The van der Waals surface area contributed by atoms with Crippen molar-refractivity contribution in [2.24, 2.45) is 5.73 Å². The van der Waals surface area contributed by atoms with Gasteiger partial charge in [-0.15, -0.1) is 10.2 Å². The van der Waals surface area contributed by atoms with Crippen molar-refractivity contribution >= 4 is 23.7 Å². The maximum atomic E-state index is 11.4. The summed E-state index contributed by atoms with van der Waals surface area (Å²) in [5, 5.41) is 9.79. The second kappa shape index (κ2) is 5.50. The smallest absolute Gasteiger partial charge is 0.318 e. The molecule has 1 heterocycles. The lowest BCUT2D eigenvalue weighted by Gasteiger charge is -2.09. The fourth-order valence-electron chi connectivity index (χ4n) is 0.987. The first kappa shape index (κ1) is 12.5. The fraction of sp³-hybridized carbons (Fsp3) is 0.500. The van der Waals surface area contributed by atoms with Crippen LogP contribution in [0.4, 0.5) is 4.79 Å². The SMILES string of the molecule is CCn1cnnc1S[C@@H](C)C(=O)NC(N)=O. The van der Waals surface area contributed by atoms with Gasteiger partial charge in [-0.3, -0.25) is 10.1 Å².